The van der Waals surface area contributed by atoms with Gasteiger partial charge < -0.3 is 14.4 Å². The number of nitrogens with zero attached hydrogens (tertiary/aromatic N) is 2. The predicted octanol–water partition coefficient (Wildman–Crippen LogP) is 2.37. The minimum Gasteiger partial charge on any atom is -0.612 e. The van der Waals surface area contributed by atoms with Gasteiger partial charge in [0.2, 0.25) is 0 Å². The van der Waals surface area contributed by atoms with Gasteiger partial charge in [-0.3, -0.25) is 0 Å². The molecule has 1 aromatic heterocycles. The summed E-state index contributed by atoms with van der Waals surface area (Å²) in [6, 6.07) is 8.00. The van der Waals surface area contributed by atoms with Crippen LogP contribution >= 0.6 is 11.6 Å². The molecule has 0 fully saturated rings. The fourth-order valence-electron chi connectivity index (χ4n) is 1.30. The molecule has 18 heavy (non-hydrogen) atoms. The average Bonchev–Trinajstić information content (AvgIpc) is 2.33. The number of aromatic nitrogens is 2. The van der Waals surface area contributed by atoms with E-state index in [0.29, 0.717) is 10.6 Å². The van der Waals surface area contributed by atoms with Crippen molar-refractivity contribution in [2.24, 2.45) is 0 Å². The zero-order valence-electron chi connectivity index (χ0n) is 9.33. The van der Waals surface area contributed by atoms with Crippen molar-refractivity contribution < 1.29 is 14.4 Å². The van der Waals surface area contributed by atoms with Crippen LogP contribution in [0, 0.1) is 0 Å². The Hall–Kier alpha value is -1.50. The summed E-state index contributed by atoms with van der Waals surface area (Å²) in [6.45, 7) is 0. The van der Waals surface area contributed by atoms with Gasteiger partial charge in [-0.1, -0.05) is 23.7 Å². The van der Waals surface area contributed by atoms with Gasteiger partial charge in [-0.15, -0.1) is 10.2 Å². The standard InChI is InChI=1S/C11H9ClN2O3S/c1-18(16)9-5-3-2-4-8(9)17-11-7(15)6-10(12)13-14-11/h2-6H,1H3,(H,13,15). The van der Waals surface area contributed by atoms with Crippen LogP contribution in [0.3, 0.4) is 0 Å². The summed E-state index contributed by atoms with van der Waals surface area (Å²) in [7, 11) is 0. The summed E-state index contributed by atoms with van der Waals surface area (Å²) in [5, 5.41) is 16.8. The second-order valence-electron chi connectivity index (χ2n) is 3.36. The number of hydrogen-bond donors (Lipinski definition) is 1. The van der Waals surface area contributed by atoms with Crippen LogP contribution in [-0.4, -0.2) is 26.1 Å². The second kappa shape index (κ2) is 5.43. The van der Waals surface area contributed by atoms with Gasteiger partial charge in [0, 0.05) is 6.07 Å². The van der Waals surface area contributed by atoms with E-state index in [2.05, 4.69) is 10.2 Å². The minimum absolute atomic E-state index is 0.0622. The van der Waals surface area contributed by atoms with E-state index in [1.54, 1.807) is 24.3 Å². The lowest BCUT2D eigenvalue weighted by Gasteiger charge is -2.10. The molecule has 1 aromatic carbocycles. The van der Waals surface area contributed by atoms with Crippen molar-refractivity contribution in [3.05, 3.63) is 35.5 Å². The van der Waals surface area contributed by atoms with Crippen LogP contribution in [-0.2, 0) is 11.2 Å². The first kappa shape index (κ1) is 12.9. The Bertz CT molecular complexity index is 566. The van der Waals surface area contributed by atoms with Gasteiger partial charge in [-0.05, 0) is 23.3 Å². The molecule has 0 bridgehead atoms. The molecule has 1 unspecified atom stereocenters. The van der Waals surface area contributed by atoms with Crippen molar-refractivity contribution in [2.75, 3.05) is 6.26 Å². The highest BCUT2D eigenvalue weighted by Gasteiger charge is 2.15. The summed E-state index contributed by atoms with van der Waals surface area (Å²) in [5.41, 5.74) is 0. The van der Waals surface area contributed by atoms with Gasteiger partial charge in [0.1, 0.15) is 6.26 Å². The molecule has 2 aromatic rings. The Morgan fingerprint density at radius 1 is 1.33 bits per heavy atom. The highest BCUT2D eigenvalue weighted by atomic mass is 35.5. The quantitative estimate of drug-likeness (QED) is 0.876. The first-order valence-electron chi connectivity index (χ1n) is 4.90. The van der Waals surface area contributed by atoms with Crippen LogP contribution in [0.1, 0.15) is 0 Å². The van der Waals surface area contributed by atoms with Crippen molar-refractivity contribution in [2.45, 2.75) is 4.90 Å². The van der Waals surface area contributed by atoms with Crippen LogP contribution in [0.15, 0.2) is 35.2 Å². The molecular formula is C11H9ClN2O3S. The van der Waals surface area contributed by atoms with Crippen molar-refractivity contribution in [3.63, 3.8) is 0 Å². The SMILES string of the molecule is C[S+]([O-])c1ccccc1Oc1nnc(Cl)cc1O. The molecule has 1 atom stereocenters. The summed E-state index contributed by atoms with van der Waals surface area (Å²) < 4.78 is 16.9. The van der Waals surface area contributed by atoms with Gasteiger partial charge >= 0.3 is 0 Å². The first-order chi connectivity index (χ1) is 8.58. The van der Waals surface area contributed by atoms with E-state index >= 15 is 0 Å². The second-order valence-corrected chi connectivity index (χ2v) is 5.10. The Kier molecular flexibility index (Phi) is 3.90. The highest BCUT2D eigenvalue weighted by molar-refractivity contribution is 7.90. The molecule has 1 heterocycles. The number of ether oxygens (including phenoxy) is 1. The maximum Gasteiger partial charge on any atom is 0.281 e. The van der Waals surface area contributed by atoms with Crippen LogP contribution in [0.2, 0.25) is 5.15 Å². The predicted molar refractivity (Wildman–Crippen MR) is 67.6 cm³/mol. The topological polar surface area (TPSA) is 78.3 Å². The van der Waals surface area contributed by atoms with Crippen molar-refractivity contribution in [1.29, 1.82) is 0 Å². The largest absolute Gasteiger partial charge is 0.612 e. The normalized spacial score (nSPS) is 12.2. The van der Waals surface area contributed by atoms with Crippen LogP contribution < -0.4 is 4.74 Å². The molecule has 0 aliphatic carbocycles. The van der Waals surface area contributed by atoms with E-state index in [1.165, 1.54) is 12.3 Å². The van der Waals surface area contributed by atoms with Crippen LogP contribution in [0.4, 0.5) is 0 Å². The van der Waals surface area contributed by atoms with Crippen LogP contribution in [0.25, 0.3) is 0 Å². The number of aromatic hydroxyl groups is 1. The monoisotopic (exact) mass is 284 g/mol. The Labute approximate surface area is 112 Å². The fraction of sp³-hybridized carbons (Fsp3) is 0.0909. The molecule has 0 amide bonds. The number of para-hydroxylation sites is 1. The van der Waals surface area contributed by atoms with Gasteiger partial charge in [-0.2, -0.15) is 0 Å². The zero-order chi connectivity index (χ0) is 13.1. The summed E-state index contributed by atoms with van der Waals surface area (Å²) in [4.78, 5) is 0.508. The third-order valence-electron chi connectivity index (χ3n) is 2.08. The summed E-state index contributed by atoms with van der Waals surface area (Å²) >= 11 is 4.36. The van der Waals surface area contributed by atoms with E-state index in [-0.39, 0.29) is 16.8 Å². The summed E-state index contributed by atoms with van der Waals surface area (Å²) in [5.74, 6) is 0.0363. The maximum absolute atomic E-state index is 11.5. The van der Waals surface area contributed by atoms with E-state index in [4.69, 9.17) is 16.3 Å². The zero-order valence-corrected chi connectivity index (χ0v) is 10.9. The van der Waals surface area contributed by atoms with Crippen LogP contribution in [0.5, 0.6) is 17.4 Å². The average molecular weight is 285 g/mol. The Morgan fingerprint density at radius 3 is 2.72 bits per heavy atom. The van der Waals surface area contributed by atoms with Gasteiger partial charge in [-0.25, -0.2) is 0 Å². The molecule has 0 saturated heterocycles. The number of rotatable bonds is 3. The molecule has 7 heteroatoms. The molecule has 1 N–H and O–H groups in total. The molecule has 2 rings (SSSR count). The fourth-order valence-corrected chi connectivity index (χ4v) is 2.10. The van der Waals surface area contributed by atoms with Gasteiger partial charge in [0.25, 0.3) is 5.88 Å². The van der Waals surface area contributed by atoms with Gasteiger partial charge in [0.15, 0.2) is 21.5 Å². The number of benzene rings is 1. The molecule has 0 aliphatic rings. The Morgan fingerprint density at radius 2 is 2.06 bits per heavy atom. The Balaban J connectivity index is 2.34. The summed E-state index contributed by atoms with van der Waals surface area (Å²) in [6.07, 6.45) is 1.54. The van der Waals surface area contributed by atoms with E-state index in [1.807, 2.05) is 0 Å². The lowest BCUT2D eigenvalue weighted by Crippen LogP contribution is -2.01. The molecule has 0 radical (unpaired) electrons. The van der Waals surface area contributed by atoms with Crippen molar-refractivity contribution >= 4 is 22.8 Å². The van der Waals surface area contributed by atoms with Crippen molar-refractivity contribution in [3.8, 4) is 17.4 Å². The van der Waals surface area contributed by atoms with E-state index < -0.39 is 11.2 Å². The first-order valence-corrected chi connectivity index (χ1v) is 6.84. The number of hydrogen-bond acceptors (Lipinski definition) is 5. The van der Waals surface area contributed by atoms with Crippen molar-refractivity contribution in [1.82, 2.24) is 10.2 Å². The third kappa shape index (κ3) is 2.84. The molecular weight excluding hydrogens is 276 g/mol. The molecule has 94 valence electrons. The lowest BCUT2D eigenvalue weighted by molar-refractivity contribution is 0.386. The van der Waals surface area contributed by atoms with E-state index in [0.717, 1.165) is 0 Å². The molecule has 0 spiro atoms. The van der Waals surface area contributed by atoms with E-state index in [9.17, 15) is 9.66 Å². The highest BCUT2D eigenvalue weighted by Crippen LogP contribution is 2.32. The third-order valence-corrected chi connectivity index (χ3v) is 3.22. The number of halogens is 1. The smallest absolute Gasteiger partial charge is 0.281 e. The van der Waals surface area contributed by atoms with Gasteiger partial charge in [0.05, 0.1) is 0 Å². The molecule has 5 nitrogen and oxygen atoms in total. The minimum atomic E-state index is -1.21. The maximum atomic E-state index is 11.5. The lowest BCUT2D eigenvalue weighted by atomic mass is 10.3. The molecule has 0 saturated carbocycles. The molecule has 0 aliphatic heterocycles.